The Balaban J connectivity index is 3.21. The van der Waals surface area contributed by atoms with Crippen molar-refractivity contribution in [3.05, 3.63) is 40.7 Å². The summed E-state index contributed by atoms with van der Waals surface area (Å²) in [4.78, 5) is 3.22. The van der Waals surface area contributed by atoms with Crippen molar-refractivity contribution in [2.75, 3.05) is 13.7 Å². The van der Waals surface area contributed by atoms with E-state index in [9.17, 15) is 5.11 Å². The summed E-state index contributed by atoms with van der Waals surface area (Å²) in [6, 6.07) is 5.77. The molecule has 1 rings (SSSR count). The monoisotopic (exact) mass is 233 g/mol. The van der Waals surface area contributed by atoms with E-state index in [1.54, 1.807) is 7.11 Å². The lowest BCUT2D eigenvalue weighted by molar-refractivity contribution is 0.190. The highest BCUT2D eigenvalue weighted by atomic mass is 16.5. The zero-order chi connectivity index (χ0) is 13.1. The maximum absolute atomic E-state index is 9.93. The first-order valence-electron chi connectivity index (χ1n) is 5.60. The lowest BCUT2D eigenvalue weighted by atomic mass is 9.85. The fourth-order valence-corrected chi connectivity index (χ4v) is 1.65. The quantitative estimate of drug-likeness (QED) is 0.814. The third-order valence-electron chi connectivity index (χ3n) is 2.72. The Kier molecular flexibility index (Phi) is 4.14. The zero-order valence-corrected chi connectivity index (χ0v) is 10.8. The van der Waals surface area contributed by atoms with E-state index in [1.807, 2.05) is 18.2 Å². The molecule has 3 nitrogen and oxygen atoms in total. The van der Waals surface area contributed by atoms with Crippen LogP contribution < -0.4 is 4.74 Å². The second-order valence-corrected chi connectivity index (χ2v) is 5.06. The van der Waals surface area contributed by atoms with Crippen LogP contribution in [0.15, 0.2) is 18.2 Å². The van der Waals surface area contributed by atoms with Crippen molar-refractivity contribution in [3.63, 3.8) is 0 Å². The maximum Gasteiger partial charge on any atom is 0.244 e. The molecule has 0 bridgehead atoms. The molecule has 0 aliphatic heterocycles. The second kappa shape index (κ2) is 5.20. The van der Waals surface area contributed by atoms with Gasteiger partial charge in [-0.1, -0.05) is 26.8 Å². The molecule has 1 unspecified atom stereocenters. The Labute approximate surface area is 103 Å². The van der Waals surface area contributed by atoms with Gasteiger partial charge < -0.3 is 14.7 Å². The van der Waals surface area contributed by atoms with Gasteiger partial charge in [-0.3, -0.25) is 0 Å². The Morgan fingerprint density at radius 2 is 2.06 bits per heavy atom. The van der Waals surface area contributed by atoms with Crippen molar-refractivity contribution in [3.8, 4) is 5.75 Å². The molecule has 3 heteroatoms. The number of ether oxygens (including phenoxy) is 1. The lowest BCUT2D eigenvalue weighted by Gasteiger charge is -2.21. The summed E-state index contributed by atoms with van der Waals surface area (Å²) in [7, 11) is 1.57. The van der Waals surface area contributed by atoms with Crippen molar-refractivity contribution >= 4 is 0 Å². The molecule has 0 aromatic heterocycles. The molecule has 17 heavy (non-hydrogen) atoms. The van der Waals surface area contributed by atoms with Gasteiger partial charge >= 0.3 is 0 Å². The number of hydrogen-bond acceptors (Lipinski definition) is 2. The zero-order valence-electron chi connectivity index (χ0n) is 10.8. The molecule has 0 aliphatic carbocycles. The van der Waals surface area contributed by atoms with E-state index in [1.165, 1.54) is 0 Å². The standard InChI is InChI=1S/C14H19NO2/c1-14(2,3)10-6-7-13(17-5)11(8-10)12(16)9-15-4/h6-8,12,16H,9H2,1-3,5H3. The van der Waals surface area contributed by atoms with Crippen molar-refractivity contribution in [2.45, 2.75) is 32.3 Å². The Morgan fingerprint density at radius 3 is 2.53 bits per heavy atom. The first kappa shape index (κ1) is 13.5. The van der Waals surface area contributed by atoms with Crippen LogP contribution in [-0.2, 0) is 5.41 Å². The number of aliphatic hydroxyl groups excluding tert-OH is 1. The van der Waals surface area contributed by atoms with Crippen LogP contribution in [0.25, 0.3) is 4.85 Å². The lowest BCUT2D eigenvalue weighted by Crippen LogP contribution is -2.13. The fraction of sp³-hybridized carbons (Fsp3) is 0.500. The van der Waals surface area contributed by atoms with E-state index in [4.69, 9.17) is 11.3 Å². The SMILES string of the molecule is [C-]#[N+]CC(O)c1cc(C(C)(C)C)ccc1OC. The van der Waals surface area contributed by atoms with Gasteiger partial charge in [0.1, 0.15) is 5.75 Å². The molecule has 0 radical (unpaired) electrons. The number of methoxy groups -OCH3 is 1. The average molecular weight is 233 g/mol. The molecule has 0 saturated carbocycles. The molecule has 0 saturated heterocycles. The summed E-state index contributed by atoms with van der Waals surface area (Å²) >= 11 is 0. The molecule has 0 aliphatic rings. The van der Waals surface area contributed by atoms with Gasteiger partial charge in [-0.2, -0.15) is 0 Å². The van der Waals surface area contributed by atoms with Crippen molar-refractivity contribution < 1.29 is 9.84 Å². The highest BCUT2D eigenvalue weighted by Gasteiger charge is 2.20. The predicted molar refractivity (Wildman–Crippen MR) is 68.1 cm³/mol. The maximum atomic E-state index is 9.93. The van der Waals surface area contributed by atoms with Crippen LogP contribution in [-0.4, -0.2) is 18.8 Å². The molecule has 92 valence electrons. The molecular weight excluding hydrogens is 214 g/mol. The molecule has 1 aromatic carbocycles. The minimum absolute atomic E-state index is 0.0127. The number of aliphatic hydroxyl groups is 1. The van der Waals surface area contributed by atoms with Gasteiger partial charge in [0.15, 0.2) is 6.10 Å². The largest absolute Gasteiger partial charge is 0.496 e. The topological polar surface area (TPSA) is 33.8 Å². The summed E-state index contributed by atoms with van der Waals surface area (Å²) < 4.78 is 5.22. The predicted octanol–water partition coefficient (Wildman–Crippen LogP) is 2.95. The molecule has 0 heterocycles. The smallest absolute Gasteiger partial charge is 0.244 e. The van der Waals surface area contributed by atoms with E-state index < -0.39 is 6.10 Å². The van der Waals surface area contributed by atoms with E-state index in [0.29, 0.717) is 11.3 Å². The van der Waals surface area contributed by atoms with Crippen LogP contribution in [0.2, 0.25) is 0 Å². The highest BCUT2D eigenvalue weighted by molar-refractivity contribution is 5.41. The van der Waals surface area contributed by atoms with Gasteiger partial charge in [0.2, 0.25) is 6.54 Å². The molecular formula is C14H19NO2. The van der Waals surface area contributed by atoms with Gasteiger partial charge in [-0.05, 0) is 23.1 Å². The molecule has 0 fully saturated rings. The number of rotatable bonds is 3. The van der Waals surface area contributed by atoms with Crippen LogP contribution in [0.1, 0.15) is 38.0 Å². The Morgan fingerprint density at radius 1 is 1.41 bits per heavy atom. The van der Waals surface area contributed by atoms with Crippen LogP contribution in [0.3, 0.4) is 0 Å². The van der Waals surface area contributed by atoms with E-state index in [-0.39, 0.29) is 12.0 Å². The van der Waals surface area contributed by atoms with Crippen molar-refractivity contribution in [1.82, 2.24) is 0 Å². The van der Waals surface area contributed by atoms with Crippen LogP contribution in [0.4, 0.5) is 0 Å². The molecule has 1 aromatic rings. The number of benzene rings is 1. The number of nitrogens with zero attached hydrogens (tertiary/aromatic N) is 1. The summed E-state index contributed by atoms with van der Waals surface area (Å²) in [5.41, 5.74) is 1.83. The Hall–Kier alpha value is -1.53. The Bertz CT molecular complexity index is 427. The average Bonchev–Trinajstić information content (AvgIpc) is 2.27. The van der Waals surface area contributed by atoms with Gasteiger partial charge in [-0.25, -0.2) is 6.57 Å². The third-order valence-corrected chi connectivity index (χ3v) is 2.72. The highest BCUT2D eigenvalue weighted by Crippen LogP contribution is 2.31. The summed E-state index contributed by atoms with van der Waals surface area (Å²) in [5, 5.41) is 9.93. The molecule has 1 atom stereocenters. The molecule has 0 spiro atoms. The van der Waals surface area contributed by atoms with Gasteiger partial charge in [-0.15, -0.1) is 0 Å². The summed E-state index contributed by atoms with van der Waals surface area (Å²) in [5.74, 6) is 0.633. The van der Waals surface area contributed by atoms with Crippen LogP contribution >= 0.6 is 0 Å². The second-order valence-electron chi connectivity index (χ2n) is 5.06. The fourth-order valence-electron chi connectivity index (χ4n) is 1.65. The first-order valence-corrected chi connectivity index (χ1v) is 5.60. The van der Waals surface area contributed by atoms with Crippen LogP contribution in [0.5, 0.6) is 5.75 Å². The first-order chi connectivity index (χ1) is 7.90. The number of hydrogen-bond donors (Lipinski definition) is 1. The minimum atomic E-state index is -0.787. The third kappa shape index (κ3) is 3.21. The van der Waals surface area contributed by atoms with E-state index in [2.05, 4.69) is 25.6 Å². The van der Waals surface area contributed by atoms with Gasteiger partial charge in [0.25, 0.3) is 0 Å². The normalized spacial score (nSPS) is 12.9. The van der Waals surface area contributed by atoms with E-state index >= 15 is 0 Å². The van der Waals surface area contributed by atoms with Crippen molar-refractivity contribution in [2.24, 2.45) is 0 Å². The summed E-state index contributed by atoms with van der Waals surface area (Å²) in [6.07, 6.45) is -0.787. The van der Waals surface area contributed by atoms with Crippen LogP contribution in [0, 0.1) is 6.57 Å². The molecule has 0 amide bonds. The van der Waals surface area contributed by atoms with Gasteiger partial charge in [0, 0.05) is 5.56 Å². The minimum Gasteiger partial charge on any atom is -0.496 e. The van der Waals surface area contributed by atoms with Crippen molar-refractivity contribution in [1.29, 1.82) is 0 Å². The summed E-state index contributed by atoms with van der Waals surface area (Å²) in [6.45, 7) is 13.2. The van der Waals surface area contributed by atoms with E-state index in [0.717, 1.165) is 5.56 Å². The van der Waals surface area contributed by atoms with Gasteiger partial charge in [0.05, 0.1) is 7.11 Å². The molecule has 1 N–H and O–H groups in total.